The molecule has 68 valence electrons. The molecular formula is C9H14O3. The highest BCUT2D eigenvalue weighted by atomic mass is 16.7. The first-order valence-electron chi connectivity index (χ1n) is 4.04. The Morgan fingerprint density at radius 1 is 1.67 bits per heavy atom. The third kappa shape index (κ3) is 2.01. The average molecular weight is 170 g/mol. The summed E-state index contributed by atoms with van der Waals surface area (Å²) in [5.74, 6) is -0.244. The van der Waals surface area contributed by atoms with Gasteiger partial charge in [-0.15, -0.1) is 0 Å². The number of aliphatic hydroxyl groups is 1. The molecule has 1 rings (SSSR count). The first-order valence-corrected chi connectivity index (χ1v) is 4.04. The number of rotatable bonds is 3. The monoisotopic (exact) mass is 170 g/mol. The minimum absolute atomic E-state index is 0.116. The van der Waals surface area contributed by atoms with Crippen molar-refractivity contribution in [1.29, 1.82) is 0 Å². The minimum atomic E-state index is -0.714. The molecule has 0 bridgehead atoms. The summed E-state index contributed by atoms with van der Waals surface area (Å²) in [5.41, 5.74) is 0. The Morgan fingerprint density at radius 3 is 2.92 bits per heavy atom. The Hall–Kier alpha value is -0.960. The normalized spacial score (nSPS) is 28.4. The molecule has 0 radical (unpaired) electrons. The number of hydrogen-bond donors (Lipinski definition) is 1. The Balaban J connectivity index is 2.51. The quantitative estimate of drug-likeness (QED) is 0.653. The van der Waals surface area contributed by atoms with Crippen LogP contribution < -0.4 is 0 Å². The lowest BCUT2D eigenvalue weighted by Crippen LogP contribution is -2.22. The second kappa shape index (κ2) is 3.63. The minimum Gasteiger partial charge on any atom is -0.453 e. The van der Waals surface area contributed by atoms with E-state index < -0.39 is 5.79 Å². The SMILES string of the molecule is CCC=CC1(C)OC=C(CO)O1. The fourth-order valence-electron chi connectivity index (χ4n) is 0.966. The highest BCUT2D eigenvalue weighted by Gasteiger charge is 2.29. The van der Waals surface area contributed by atoms with Crippen molar-refractivity contribution in [2.45, 2.75) is 26.1 Å². The van der Waals surface area contributed by atoms with Crippen molar-refractivity contribution in [3.8, 4) is 0 Å². The Kier molecular flexibility index (Phi) is 2.76. The number of hydrogen-bond acceptors (Lipinski definition) is 3. The second-order valence-electron chi connectivity index (χ2n) is 2.79. The maximum atomic E-state index is 8.73. The van der Waals surface area contributed by atoms with Crippen LogP contribution in [0.4, 0.5) is 0 Å². The molecule has 3 nitrogen and oxygen atoms in total. The molecule has 3 heteroatoms. The molecule has 0 aliphatic carbocycles. The number of allylic oxidation sites excluding steroid dienone is 1. The lowest BCUT2D eigenvalue weighted by molar-refractivity contribution is -0.0942. The molecule has 0 amide bonds. The largest absolute Gasteiger partial charge is 0.453 e. The van der Waals surface area contributed by atoms with Gasteiger partial charge >= 0.3 is 0 Å². The van der Waals surface area contributed by atoms with Crippen molar-refractivity contribution in [2.75, 3.05) is 6.61 Å². The van der Waals surface area contributed by atoms with Crippen LogP contribution >= 0.6 is 0 Å². The van der Waals surface area contributed by atoms with Gasteiger partial charge in [0.2, 0.25) is 0 Å². The standard InChI is InChI=1S/C9H14O3/c1-3-4-5-9(2)11-7-8(6-10)12-9/h4-5,7,10H,3,6H2,1-2H3. The van der Waals surface area contributed by atoms with E-state index in [2.05, 4.69) is 0 Å². The zero-order valence-electron chi connectivity index (χ0n) is 7.41. The Labute approximate surface area is 72.3 Å². The summed E-state index contributed by atoms with van der Waals surface area (Å²) in [6.07, 6.45) is 6.19. The lowest BCUT2D eigenvalue weighted by Gasteiger charge is -2.19. The van der Waals surface area contributed by atoms with Crippen LogP contribution in [-0.2, 0) is 9.47 Å². The number of ether oxygens (including phenoxy) is 2. The molecule has 0 aromatic rings. The van der Waals surface area contributed by atoms with Crippen molar-refractivity contribution in [1.82, 2.24) is 0 Å². The fraction of sp³-hybridized carbons (Fsp3) is 0.556. The summed E-state index contributed by atoms with van der Waals surface area (Å²) in [4.78, 5) is 0. The molecular weight excluding hydrogens is 156 g/mol. The van der Waals surface area contributed by atoms with E-state index in [1.807, 2.05) is 19.1 Å². The molecule has 0 aromatic carbocycles. The van der Waals surface area contributed by atoms with Crippen molar-refractivity contribution < 1.29 is 14.6 Å². The lowest BCUT2D eigenvalue weighted by atomic mass is 10.2. The van der Waals surface area contributed by atoms with Gasteiger partial charge in [0.1, 0.15) is 12.9 Å². The molecule has 12 heavy (non-hydrogen) atoms. The molecule has 1 N–H and O–H groups in total. The van der Waals surface area contributed by atoms with E-state index in [0.717, 1.165) is 6.42 Å². The van der Waals surface area contributed by atoms with Gasteiger partial charge in [-0.1, -0.05) is 13.0 Å². The summed E-state index contributed by atoms with van der Waals surface area (Å²) in [7, 11) is 0. The van der Waals surface area contributed by atoms with Crippen LogP contribution in [0.2, 0.25) is 0 Å². The van der Waals surface area contributed by atoms with Crippen LogP contribution in [0.1, 0.15) is 20.3 Å². The van der Waals surface area contributed by atoms with Crippen molar-refractivity contribution in [3.63, 3.8) is 0 Å². The van der Waals surface area contributed by atoms with E-state index in [-0.39, 0.29) is 6.61 Å². The predicted molar refractivity (Wildman–Crippen MR) is 45.2 cm³/mol. The average Bonchev–Trinajstić information content (AvgIpc) is 2.45. The van der Waals surface area contributed by atoms with Gasteiger partial charge in [-0.05, 0) is 12.5 Å². The fourth-order valence-corrected chi connectivity index (χ4v) is 0.966. The maximum absolute atomic E-state index is 8.73. The molecule has 1 aliphatic heterocycles. The molecule has 1 heterocycles. The zero-order valence-corrected chi connectivity index (χ0v) is 7.41. The van der Waals surface area contributed by atoms with E-state index in [4.69, 9.17) is 14.6 Å². The second-order valence-corrected chi connectivity index (χ2v) is 2.79. The molecule has 0 aromatic heterocycles. The Bertz CT molecular complexity index is 208. The molecule has 0 spiro atoms. The summed E-state index contributed by atoms with van der Waals surface area (Å²) in [5, 5.41) is 8.73. The van der Waals surface area contributed by atoms with Gasteiger partial charge in [0, 0.05) is 6.92 Å². The summed E-state index contributed by atoms with van der Waals surface area (Å²) in [6.45, 7) is 3.73. The van der Waals surface area contributed by atoms with E-state index in [1.54, 1.807) is 6.92 Å². The van der Waals surface area contributed by atoms with E-state index >= 15 is 0 Å². The van der Waals surface area contributed by atoms with Crippen LogP contribution in [0.15, 0.2) is 24.2 Å². The van der Waals surface area contributed by atoms with Gasteiger partial charge < -0.3 is 14.6 Å². The van der Waals surface area contributed by atoms with Crippen molar-refractivity contribution in [2.24, 2.45) is 0 Å². The van der Waals surface area contributed by atoms with E-state index in [9.17, 15) is 0 Å². The molecule has 1 unspecified atom stereocenters. The molecule has 1 atom stereocenters. The molecule has 0 fully saturated rings. The highest BCUT2D eigenvalue weighted by Crippen LogP contribution is 2.25. The van der Waals surface area contributed by atoms with Crippen LogP contribution in [0.25, 0.3) is 0 Å². The van der Waals surface area contributed by atoms with Gasteiger partial charge in [-0.2, -0.15) is 0 Å². The highest BCUT2D eigenvalue weighted by molar-refractivity contribution is 5.04. The molecule has 0 saturated heterocycles. The Morgan fingerprint density at radius 2 is 2.42 bits per heavy atom. The van der Waals surface area contributed by atoms with Crippen molar-refractivity contribution in [3.05, 3.63) is 24.2 Å². The zero-order chi connectivity index (χ0) is 9.03. The van der Waals surface area contributed by atoms with E-state index in [1.165, 1.54) is 6.26 Å². The third-order valence-electron chi connectivity index (χ3n) is 1.57. The summed E-state index contributed by atoms with van der Waals surface area (Å²) >= 11 is 0. The topological polar surface area (TPSA) is 38.7 Å². The van der Waals surface area contributed by atoms with Crippen LogP contribution in [0, 0.1) is 0 Å². The van der Waals surface area contributed by atoms with Gasteiger partial charge in [-0.3, -0.25) is 0 Å². The smallest absolute Gasteiger partial charge is 0.267 e. The third-order valence-corrected chi connectivity index (χ3v) is 1.57. The van der Waals surface area contributed by atoms with Gasteiger partial charge in [-0.25, -0.2) is 0 Å². The van der Waals surface area contributed by atoms with Crippen LogP contribution in [-0.4, -0.2) is 17.5 Å². The van der Waals surface area contributed by atoms with Gasteiger partial charge in [0.25, 0.3) is 5.79 Å². The number of aliphatic hydroxyl groups excluding tert-OH is 1. The first kappa shape index (κ1) is 9.13. The summed E-state index contributed by atoms with van der Waals surface area (Å²) in [6, 6.07) is 0. The van der Waals surface area contributed by atoms with Gasteiger partial charge in [0.05, 0.1) is 0 Å². The van der Waals surface area contributed by atoms with E-state index in [0.29, 0.717) is 5.76 Å². The first-order chi connectivity index (χ1) is 5.70. The van der Waals surface area contributed by atoms with Gasteiger partial charge in [0.15, 0.2) is 5.76 Å². The molecule has 1 aliphatic rings. The van der Waals surface area contributed by atoms with Crippen LogP contribution in [0.5, 0.6) is 0 Å². The molecule has 0 saturated carbocycles. The van der Waals surface area contributed by atoms with Crippen molar-refractivity contribution >= 4 is 0 Å². The predicted octanol–water partition coefficient (Wildman–Crippen LogP) is 1.55. The van der Waals surface area contributed by atoms with Crippen LogP contribution in [0.3, 0.4) is 0 Å². The maximum Gasteiger partial charge on any atom is 0.267 e. The summed E-state index contributed by atoms with van der Waals surface area (Å²) < 4.78 is 10.5.